The van der Waals surface area contributed by atoms with E-state index < -0.39 is 0 Å². The van der Waals surface area contributed by atoms with Crippen LogP contribution in [-0.4, -0.2) is 4.98 Å². The Bertz CT molecular complexity index is 685. The summed E-state index contributed by atoms with van der Waals surface area (Å²) < 4.78 is 0. The molecule has 0 atom stereocenters. The van der Waals surface area contributed by atoms with Crippen LogP contribution < -0.4 is 5.73 Å². The summed E-state index contributed by atoms with van der Waals surface area (Å²) in [6, 6.07) is 18.6. The zero-order chi connectivity index (χ0) is 13.2. The number of anilines is 1. The summed E-state index contributed by atoms with van der Waals surface area (Å²) in [4.78, 5) is 5.61. The fourth-order valence-electron chi connectivity index (χ4n) is 2.03. The van der Waals surface area contributed by atoms with Crippen LogP contribution in [0.5, 0.6) is 0 Å². The largest absolute Gasteiger partial charge is 0.375 e. The molecular formula is C16H14N2S. The average molecular weight is 266 g/mol. The molecule has 1 heterocycles. The molecule has 0 saturated heterocycles. The van der Waals surface area contributed by atoms with E-state index in [0.29, 0.717) is 5.13 Å². The minimum absolute atomic E-state index is 0.606. The third-order valence-electron chi connectivity index (χ3n) is 3.00. The highest BCUT2D eigenvalue weighted by atomic mass is 32.1. The first-order chi connectivity index (χ1) is 9.24. The molecule has 0 aliphatic rings. The van der Waals surface area contributed by atoms with Crippen molar-refractivity contribution in [1.29, 1.82) is 0 Å². The maximum atomic E-state index is 5.89. The standard InChI is InChI=1S/C16H14N2S/c1-11-7-9-12(10-8-11)14-15(19-16(17)18-14)13-5-3-2-4-6-13/h2-10H,1H3,(H2,17,18). The van der Waals surface area contributed by atoms with Crippen LogP contribution in [0.15, 0.2) is 54.6 Å². The van der Waals surface area contributed by atoms with Gasteiger partial charge in [0.2, 0.25) is 0 Å². The highest BCUT2D eigenvalue weighted by molar-refractivity contribution is 7.19. The van der Waals surface area contributed by atoms with E-state index in [4.69, 9.17) is 5.73 Å². The minimum atomic E-state index is 0.606. The Morgan fingerprint density at radius 3 is 2.26 bits per heavy atom. The van der Waals surface area contributed by atoms with E-state index in [1.54, 1.807) is 0 Å². The molecular weight excluding hydrogens is 252 g/mol. The van der Waals surface area contributed by atoms with E-state index in [1.165, 1.54) is 16.9 Å². The fourth-order valence-corrected chi connectivity index (χ4v) is 2.89. The molecule has 1 aromatic heterocycles. The Balaban J connectivity index is 2.15. The van der Waals surface area contributed by atoms with Gasteiger partial charge in [0.25, 0.3) is 0 Å². The van der Waals surface area contributed by atoms with Gasteiger partial charge in [-0.1, -0.05) is 71.5 Å². The van der Waals surface area contributed by atoms with Crippen LogP contribution in [0.2, 0.25) is 0 Å². The van der Waals surface area contributed by atoms with Gasteiger partial charge in [0.15, 0.2) is 5.13 Å². The molecule has 0 amide bonds. The Morgan fingerprint density at radius 2 is 1.58 bits per heavy atom. The third kappa shape index (κ3) is 2.37. The van der Waals surface area contributed by atoms with Gasteiger partial charge in [-0.15, -0.1) is 0 Å². The average Bonchev–Trinajstić information content (AvgIpc) is 2.83. The van der Waals surface area contributed by atoms with Crippen molar-refractivity contribution in [2.24, 2.45) is 0 Å². The van der Waals surface area contributed by atoms with Crippen molar-refractivity contribution in [2.45, 2.75) is 6.92 Å². The lowest BCUT2D eigenvalue weighted by atomic mass is 10.1. The lowest BCUT2D eigenvalue weighted by Crippen LogP contribution is -1.84. The number of nitrogens with zero attached hydrogens (tertiary/aromatic N) is 1. The zero-order valence-electron chi connectivity index (χ0n) is 10.6. The molecule has 2 nitrogen and oxygen atoms in total. The van der Waals surface area contributed by atoms with E-state index in [1.807, 2.05) is 18.2 Å². The van der Waals surface area contributed by atoms with Gasteiger partial charge in [-0.05, 0) is 12.5 Å². The number of aromatic nitrogens is 1. The van der Waals surface area contributed by atoms with Crippen molar-refractivity contribution in [3.05, 3.63) is 60.2 Å². The zero-order valence-corrected chi connectivity index (χ0v) is 11.4. The topological polar surface area (TPSA) is 38.9 Å². The molecule has 0 fully saturated rings. The van der Waals surface area contributed by atoms with E-state index in [0.717, 1.165) is 21.7 Å². The summed E-state index contributed by atoms with van der Waals surface area (Å²) in [6.45, 7) is 2.08. The van der Waals surface area contributed by atoms with Crippen LogP contribution in [-0.2, 0) is 0 Å². The second-order valence-corrected chi connectivity index (χ2v) is 5.49. The van der Waals surface area contributed by atoms with Crippen LogP contribution >= 0.6 is 11.3 Å². The lowest BCUT2D eigenvalue weighted by molar-refractivity contribution is 1.39. The summed E-state index contributed by atoms with van der Waals surface area (Å²) in [7, 11) is 0. The van der Waals surface area contributed by atoms with Crippen LogP contribution in [0.1, 0.15) is 5.56 Å². The molecule has 0 unspecified atom stereocenters. The Morgan fingerprint density at radius 1 is 0.895 bits per heavy atom. The number of nitrogens with two attached hydrogens (primary N) is 1. The number of hydrogen-bond acceptors (Lipinski definition) is 3. The lowest BCUT2D eigenvalue weighted by Gasteiger charge is -2.03. The van der Waals surface area contributed by atoms with E-state index >= 15 is 0 Å². The van der Waals surface area contributed by atoms with Crippen molar-refractivity contribution in [3.63, 3.8) is 0 Å². The van der Waals surface area contributed by atoms with Crippen LogP contribution in [0, 0.1) is 6.92 Å². The van der Waals surface area contributed by atoms with Crippen molar-refractivity contribution >= 4 is 16.5 Å². The smallest absolute Gasteiger partial charge is 0.181 e. The summed E-state index contributed by atoms with van der Waals surface area (Å²) in [5.41, 5.74) is 10.4. The maximum Gasteiger partial charge on any atom is 0.181 e. The molecule has 0 bridgehead atoms. The van der Waals surface area contributed by atoms with Crippen LogP contribution in [0.25, 0.3) is 21.7 Å². The van der Waals surface area contributed by atoms with Crippen molar-refractivity contribution in [1.82, 2.24) is 4.98 Å². The van der Waals surface area contributed by atoms with E-state index in [2.05, 4.69) is 48.3 Å². The first-order valence-electron chi connectivity index (χ1n) is 6.13. The summed E-state index contributed by atoms with van der Waals surface area (Å²) in [6.07, 6.45) is 0. The molecule has 2 aromatic carbocycles. The number of benzene rings is 2. The van der Waals surface area contributed by atoms with Gasteiger partial charge in [0.1, 0.15) is 0 Å². The number of nitrogen functional groups attached to an aromatic ring is 1. The predicted octanol–water partition coefficient (Wildman–Crippen LogP) is 4.37. The molecule has 19 heavy (non-hydrogen) atoms. The van der Waals surface area contributed by atoms with Crippen LogP contribution in [0.3, 0.4) is 0 Å². The normalized spacial score (nSPS) is 10.6. The first kappa shape index (κ1) is 11.9. The molecule has 0 aliphatic heterocycles. The quantitative estimate of drug-likeness (QED) is 0.748. The summed E-state index contributed by atoms with van der Waals surface area (Å²) in [5.74, 6) is 0. The van der Waals surface area contributed by atoms with Gasteiger partial charge in [0, 0.05) is 5.56 Å². The highest BCUT2D eigenvalue weighted by Gasteiger charge is 2.13. The predicted molar refractivity (Wildman–Crippen MR) is 82.1 cm³/mol. The second-order valence-electron chi connectivity index (χ2n) is 4.46. The van der Waals surface area contributed by atoms with Gasteiger partial charge < -0.3 is 5.73 Å². The summed E-state index contributed by atoms with van der Waals surface area (Å²) >= 11 is 1.53. The molecule has 3 rings (SSSR count). The Kier molecular flexibility index (Phi) is 3.05. The number of aryl methyl sites for hydroxylation is 1. The van der Waals surface area contributed by atoms with Gasteiger partial charge in [-0.25, -0.2) is 4.98 Å². The molecule has 0 spiro atoms. The molecule has 3 aromatic rings. The SMILES string of the molecule is Cc1ccc(-c2nc(N)sc2-c2ccccc2)cc1. The Hall–Kier alpha value is -2.13. The molecule has 0 aliphatic carbocycles. The van der Waals surface area contributed by atoms with Gasteiger partial charge in [0.05, 0.1) is 10.6 Å². The van der Waals surface area contributed by atoms with Crippen molar-refractivity contribution in [3.8, 4) is 21.7 Å². The van der Waals surface area contributed by atoms with Crippen molar-refractivity contribution < 1.29 is 0 Å². The fraction of sp³-hybridized carbons (Fsp3) is 0.0625. The number of thiazole rings is 1. The molecule has 94 valence electrons. The maximum absolute atomic E-state index is 5.89. The molecule has 0 saturated carbocycles. The van der Waals surface area contributed by atoms with Crippen molar-refractivity contribution in [2.75, 3.05) is 5.73 Å². The number of hydrogen-bond donors (Lipinski definition) is 1. The molecule has 2 N–H and O–H groups in total. The van der Waals surface area contributed by atoms with Gasteiger partial charge in [-0.2, -0.15) is 0 Å². The number of rotatable bonds is 2. The van der Waals surface area contributed by atoms with E-state index in [-0.39, 0.29) is 0 Å². The highest BCUT2D eigenvalue weighted by Crippen LogP contribution is 2.37. The summed E-state index contributed by atoms with van der Waals surface area (Å²) in [5, 5.41) is 0.606. The first-order valence-corrected chi connectivity index (χ1v) is 6.94. The van der Waals surface area contributed by atoms with Gasteiger partial charge >= 0.3 is 0 Å². The Labute approximate surface area is 116 Å². The second kappa shape index (κ2) is 4.86. The van der Waals surface area contributed by atoms with Gasteiger partial charge in [-0.3, -0.25) is 0 Å². The monoisotopic (exact) mass is 266 g/mol. The van der Waals surface area contributed by atoms with Crippen LogP contribution in [0.4, 0.5) is 5.13 Å². The molecule has 3 heteroatoms. The van der Waals surface area contributed by atoms with E-state index in [9.17, 15) is 0 Å². The molecule has 0 radical (unpaired) electrons. The third-order valence-corrected chi connectivity index (χ3v) is 3.94. The minimum Gasteiger partial charge on any atom is -0.375 e.